The lowest BCUT2D eigenvalue weighted by Gasteiger charge is -2.10. The molecule has 0 fully saturated rings. The predicted molar refractivity (Wildman–Crippen MR) is 103 cm³/mol. The lowest BCUT2D eigenvalue weighted by Crippen LogP contribution is -2.28. The van der Waals surface area contributed by atoms with Gasteiger partial charge < -0.3 is 9.47 Å². The first-order valence-corrected chi connectivity index (χ1v) is 9.80. The van der Waals surface area contributed by atoms with Crippen molar-refractivity contribution in [3.8, 4) is 11.5 Å². The number of rotatable bonds is 7. The van der Waals surface area contributed by atoms with Crippen molar-refractivity contribution in [2.45, 2.75) is 4.90 Å². The molecular weight excluding hydrogens is 374 g/mol. The van der Waals surface area contributed by atoms with Crippen molar-refractivity contribution in [3.05, 3.63) is 65.7 Å². The quantitative estimate of drug-likeness (QED) is 0.621. The van der Waals surface area contributed by atoms with Gasteiger partial charge in [-0.3, -0.25) is 0 Å². The van der Waals surface area contributed by atoms with Crippen molar-refractivity contribution in [1.82, 2.24) is 4.72 Å². The van der Waals surface area contributed by atoms with Crippen molar-refractivity contribution < 1.29 is 17.9 Å². The normalized spacial score (nSPS) is 11.5. The summed E-state index contributed by atoms with van der Waals surface area (Å²) < 4.78 is 38.1. The van der Waals surface area contributed by atoms with E-state index < -0.39 is 10.0 Å². The van der Waals surface area contributed by atoms with Crippen LogP contribution in [-0.2, 0) is 10.0 Å². The third-order valence-corrected chi connectivity index (χ3v) is 5.59. The van der Waals surface area contributed by atoms with Crippen molar-refractivity contribution in [2.75, 3.05) is 20.3 Å². The minimum absolute atomic E-state index is 0.133. The van der Waals surface area contributed by atoms with Crippen LogP contribution in [-0.4, -0.2) is 28.7 Å². The van der Waals surface area contributed by atoms with Crippen molar-refractivity contribution >= 4 is 32.4 Å². The molecule has 0 unspecified atom stereocenters. The fraction of sp³-hybridized carbons (Fsp3) is 0.158. The highest BCUT2D eigenvalue weighted by Crippen LogP contribution is 2.24. The zero-order chi connectivity index (χ0) is 18.6. The first-order valence-electron chi connectivity index (χ1n) is 7.94. The summed E-state index contributed by atoms with van der Waals surface area (Å²) in [6, 6.07) is 17.5. The number of sulfonamides is 1. The van der Waals surface area contributed by atoms with Crippen LogP contribution in [0.25, 0.3) is 10.8 Å². The van der Waals surface area contributed by atoms with E-state index in [4.69, 9.17) is 21.1 Å². The molecule has 0 aliphatic carbocycles. The molecule has 0 amide bonds. The maximum Gasteiger partial charge on any atom is 0.240 e. The average molecular weight is 392 g/mol. The second-order valence-corrected chi connectivity index (χ2v) is 7.73. The Balaban J connectivity index is 1.66. The van der Waals surface area contributed by atoms with E-state index in [0.717, 1.165) is 16.5 Å². The summed E-state index contributed by atoms with van der Waals surface area (Å²) in [5, 5.41) is 2.21. The Morgan fingerprint density at radius 1 is 1.00 bits per heavy atom. The van der Waals surface area contributed by atoms with Gasteiger partial charge in [0.2, 0.25) is 10.0 Å². The first kappa shape index (κ1) is 18.5. The molecule has 0 atom stereocenters. The summed E-state index contributed by atoms with van der Waals surface area (Å²) in [6.45, 7) is 0.307. The molecule has 26 heavy (non-hydrogen) atoms. The van der Waals surface area contributed by atoms with E-state index in [-0.39, 0.29) is 18.0 Å². The van der Waals surface area contributed by atoms with Crippen LogP contribution < -0.4 is 14.2 Å². The van der Waals surface area contributed by atoms with E-state index in [1.807, 2.05) is 12.1 Å². The van der Waals surface area contributed by atoms with Crippen molar-refractivity contribution in [2.24, 2.45) is 0 Å². The maximum atomic E-state index is 12.5. The Bertz CT molecular complexity index is 1020. The number of halogens is 1. The lowest BCUT2D eigenvalue weighted by atomic mass is 10.1. The van der Waals surface area contributed by atoms with Gasteiger partial charge in [0.15, 0.2) is 0 Å². The van der Waals surface area contributed by atoms with Crippen LogP contribution in [0.5, 0.6) is 11.5 Å². The monoisotopic (exact) mass is 391 g/mol. The van der Waals surface area contributed by atoms with Crippen LogP contribution in [0.15, 0.2) is 65.6 Å². The fourth-order valence-corrected chi connectivity index (χ4v) is 3.72. The molecule has 0 saturated heterocycles. The third kappa shape index (κ3) is 4.27. The number of methoxy groups -OCH3 is 1. The van der Waals surface area contributed by atoms with Crippen molar-refractivity contribution in [3.63, 3.8) is 0 Å². The van der Waals surface area contributed by atoms with E-state index in [9.17, 15) is 8.42 Å². The molecule has 3 aromatic rings. The van der Waals surface area contributed by atoms with Gasteiger partial charge in [-0.1, -0.05) is 35.9 Å². The molecule has 0 radical (unpaired) electrons. The van der Waals surface area contributed by atoms with Crippen LogP contribution in [0.2, 0.25) is 5.02 Å². The minimum Gasteiger partial charge on any atom is -0.497 e. The predicted octanol–water partition coefficient (Wildman–Crippen LogP) is 3.86. The van der Waals surface area contributed by atoms with Gasteiger partial charge in [-0.25, -0.2) is 13.1 Å². The molecule has 0 saturated carbocycles. The van der Waals surface area contributed by atoms with Gasteiger partial charge in [0.1, 0.15) is 18.1 Å². The Kier molecular flexibility index (Phi) is 5.66. The molecule has 7 heteroatoms. The van der Waals surface area contributed by atoms with E-state index >= 15 is 0 Å². The molecule has 0 heterocycles. The van der Waals surface area contributed by atoms with Gasteiger partial charge in [0.05, 0.1) is 17.0 Å². The van der Waals surface area contributed by atoms with Crippen LogP contribution in [0.3, 0.4) is 0 Å². The van der Waals surface area contributed by atoms with E-state index in [1.165, 1.54) is 0 Å². The average Bonchev–Trinajstić information content (AvgIpc) is 2.65. The first-order chi connectivity index (χ1) is 12.5. The van der Waals surface area contributed by atoms with E-state index in [0.29, 0.717) is 10.8 Å². The fourth-order valence-electron chi connectivity index (χ4n) is 2.48. The Labute approximate surface area is 157 Å². The van der Waals surface area contributed by atoms with E-state index in [2.05, 4.69) is 4.72 Å². The lowest BCUT2D eigenvalue weighted by molar-refractivity contribution is 0.323. The molecule has 0 spiro atoms. The van der Waals surface area contributed by atoms with Gasteiger partial charge in [0, 0.05) is 6.54 Å². The smallest absolute Gasteiger partial charge is 0.240 e. The maximum absolute atomic E-state index is 12.5. The molecule has 0 aromatic heterocycles. The zero-order valence-electron chi connectivity index (χ0n) is 14.1. The number of hydrogen-bond acceptors (Lipinski definition) is 4. The summed E-state index contributed by atoms with van der Waals surface area (Å²) in [4.78, 5) is 0.202. The summed E-state index contributed by atoms with van der Waals surface area (Å²) in [6.07, 6.45) is 0. The van der Waals surface area contributed by atoms with Gasteiger partial charge in [-0.15, -0.1) is 0 Å². The number of benzene rings is 3. The molecule has 0 aliphatic heterocycles. The Hall–Kier alpha value is -2.28. The van der Waals surface area contributed by atoms with Gasteiger partial charge in [-0.2, -0.15) is 0 Å². The molecule has 1 N–H and O–H groups in total. The molecular formula is C19H18ClNO4S. The minimum atomic E-state index is -3.63. The largest absolute Gasteiger partial charge is 0.497 e. The van der Waals surface area contributed by atoms with Crippen LogP contribution >= 0.6 is 11.6 Å². The number of hydrogen-bond donors (Lipinski definition) is 1. The van der Waals surface area contributed by atoms with Crippen LogP contribution in [0.1, 0.15) is 0 Å². The van der Waals surface area contributed by atoms with E-state index in [1.54, 1.807) is 55.6 Å². The number of ether oxygens (including phenoxy) is 2. The number of fused-ring (bicyclic) bond motifs is 1. The topological polar surface area (TPSA) is 64.6 Å². The van der Waals surface area contributed by atoms with Crippen molar-refractivity contribution in [1.29, 1.82) is 0 Å². The summed E-state index contributed by atoms with van der Waals surface area (Å²) in [5.74, 6) is 1.25. The van der Waals surface area contributed by atoms with Crippen LogP contribution in [0.4, 0.5) is 0 Å². The standard InChI is InChI=1S/C19H18ClNO4S/c1-24-16-8-6-15-13-17(9-7-14(15)12-16)26(22,23)21-10-11-25-19-5-3-2-4-18(19)20/h2-9,12-13,21H,10-11H2,1H3. The Morgan fingerprint density at radius 2 is 1.73 bits per heavy atom. The highest BCUT2D eigenvalue weighted by molar-refractivity contribution is 7.89. The molecule has 3 rings (SSSR count). The van der Waals surface area contributed by atoms with Crippen LogP contribution in [0, 0.1) is 0 Å². The molecule has 5 nitrogen and oxygen atoms in total. The second-order valence-electron chi connectivity index (χ2n) is 5.55. The van der Waals surface area contributed by atoms with Gasteiger partial charge in [0.25, 0.3) is 0 Å². The van der Waals surface area contributed by atoms with Gasteiger partial charge >= 0.3 is 0 Å². The summed E-state index contributed by atoms with van der Waals surface area (Å²) >= 11 is 5.99. The molecule has 0 bridgehead atoms. The van der Waals surface area contributed by atoms with Gasteiger partial charge in [-0.05, 0) is 47.2 Å². The highest BCUT2D eigenvalue weighted by Gasteiger charge is 2.14. The zero-order valence-corrected chi connectivity index (χ0v) is 15.7. The SMILES string of the molecule is COc1ccc2cc(S(=O)(=O)NCCOc3ccccc3Cl)ccc2c1. The molecule has 136 valence electrons. The summed E-state index contributed by atoms with van der Waals surface area (Å²) in [5.41, 5.74) is 0. The third-order valence-electron chi connectivity index (χ3n) is 3.82. The number of nitrogens with one attached hydrogen (secondary N) is 1. The molecule has 0 aliphatic rings. The highest BCUT2D eigenvalue weighted by atomic mass is 35.5. The Morgan fingerprint density at radius 3 is 2.50 bits per heavy atom. The summed E-state index contributed by atoms with van der Waals surface area (Å²) in [7, 11) is -2.03. The number of para-hydroxylation sites is 1. The molecule has 3 aromatic carbocycles. The second kappa shape index (κ2) is 7.95.